The fourth-order valence-corrected chi connectivity index (χ4v) is 2.08. The van der Waals surface area contributed by atoms with Crippen molar-refractivity contribution < 1.29 is 9.53 Å². The zero-order valence-electron chi connectivity index (χ0n) is 13.8. The number of carbonyl (C=O) groups is 1. The summed E-state index contributed by atoms with van der Waals surface area (Å²) >= 11 is 0. The summed E-state index contributed by atoms with van der Waals surface area (Å²) in [6, 6.07) is 7.92. The lowest BCUT2D eigenvalue weighted by Gasteiger charge is -2.22. The Morgan fingerprint density at radius 2 is 1.81 bits per heavy atom. The van der Waals surface area contributed by atoms with Gasteiger partial charge >= 0.3 is 0 Å². The van der Waals surface area contributed by atoms with Crippen LogP contribution < -0.4 is 4.74 Å². The molecule has 1 amide bonds. The summed E-state index contributed by atoms with van der Waals surface area (Å²) < 4.78 is 5.42. The maximum Gasteiger partial charge on any atom is 0.236 e. The van der Waals surface area contributed by atoms with E-state index in [9.17, 15) is 4.79 Å². The van der Waals surface area contributed by atoms with Crippen molar-refractivity contribution in [3.63, 3.8) is 0 Å². The Kier molecular flexibility index (Phi) is 7.83. The van der Waals surface area contributed by atoms with Crippen LogP contribution in [0.2, 0.25) is 0 Å². The van der Waals surface area contributed by atoms with Crippen LogP contribution in [-0.2, 0) is 11.3 Å². The number of benzene rings is 1. The van der Waals surface area contributed by atoms with Gasteiger partial charge in [-0.2, -0.15) is 0 Å². The zero-order valence-corrected chi connectivity index (χ0v) is 13.8. The molecule has 0 atom stereocenters. The molecule has 0 aromatic heterocycles. The number of nitrogens with zero attached hydrogens (tertiary/aromatic N) is 2. The first-order valence-corrected chi connectivity index (χ1v) is 7.71. The van der Waals surface area contributed by atoms with Crippen LogP contribution in [0.1, 0.15) is 32.3 Å². The molecule has 0 aliphatic carbocycles. The molecule has 0 bridgehead atoms. The fraction of sp³-hybridized carbons (Fsp3) is 0.588. The van der Waals surface area contributed by atoms with E-state index in [1.807, 2.05) is 45.3 Å². The van der Waals surface area contributed by atoms with Gasteiger partial charge in [0.15, 0.2) is 0 Å². The van der Waals surface area contributed by atoms with E-state index in [1.165, 1.54) is 0 Å². The Hall–Kier alpha value is -1.55. The van der Waals surface area contributed by atoms with Gasteiger partial charge in [0.05, 0.1) is 13.2 Å². The number of hydrogen-bond acceptors (Lipinski definition) is 3. The zero-order chi connectivity index (χ0) is 15.7. The van der Waals surface area contributed by atoms with Crippen LogP contribution in [0.4, 0.5) is 0 Å². The highest BCUT2D eigenvalue weighted by Gasteiger charge is 2.11. The number of likely N-dealkylation sites (N-methyl/N-ethyl adjacent to an activating group) is 2. The molecule has 1 aromatic carbocycles. The van der Waals surface area contributed by atoms with Crippen LogP contribution in [0.3, 0.4) is 0 Å². The lowest BCUT2D eigenvalue weighted by molar-refractivity contribution is -0.131. The van der Waals surface area contributed by atoms with Crippen LogP contribution in [-0.4, -0.2) is 49.5 Å². The predicted molar refractivity (Wildman–Crippen MR) is 86.5 cm³/mol. The number of amides is 1. The van der Waals surface area contributed by atoms with Crippen molar-refractivity contribution >= 4 is 5.91 Å². The topological polar surface area (TPSA) is 32.8 Å². The SMILES string of the molecule is CCCCN(C)CC(=O)N(C)Cc1ccc(OCC)cc1. The van der Waals surface area contributed by atoms with Crippen molar-refractivity contribution in [2.75, 3.05) is 33.8 Å². The maximum absolute atomic E-state index is 12.1. The second-order valence-corrected chi connectivity index (χ2v) is 5.42. The Morgan fingerprint density at radius 3 is 2.38 bits per heavy atom. The van der Waals surface area contributed by atoms with Crippen LogP contribution >= 0.6 is 0 Å². The predicted octanol–water partition coefficient (Wildman–Crippen LogP) is 2.78. The number of carbonyl (C=O) groups excluding carboxylic acids is 1. The van der Waals surface area contributed by atoms with E-state index < -0.39 is 0 Å². The monoisotopic (exact) mass is 292 g/mol. The second kappa shape index (κ2) is 9.40. The maximum atomic E-state index is 12.1. The van der Waals surface area contributed by atoms with Gasteiger partial charge in [0.25, 0.3) is 0 Å². The smallest absolute Gasteiger partial charge is 0.236 e. The quantitative estimate of drug-likeness (QED) is 0.701. The normalized spacial score (nSPS) is 10.7. The molecule has 0 radical (unpaired) electrons. The average Bonchev–Trinajstić information content (AvgIpc) is 2.47. The molecular weight excluding hydrogens is 264 g/mol. The molecule has 1 aromatic rings. The van der Waals surface area contributed by atoms with Crippen molar-refractivity contribution in [2.24, 2.45) is 0 Å². The van der Waals surface area contributed by atoms with E-state index in [0.29, 0.717) is 19.7 Å². The molecule has 118 valence electrons. The van der Waals surface area contributed by atoms with E-state index in [0.717, 1.165) is 30.7 Å². The van der Waals surface area contributed by atoms with Crippen LogP contribution in [0.25, 0.3) is 0 Å². The minimum absolute atomic E-state index is 0.155. The lowest BCUT2D eigenvalue weighted by Crippen LogP contribution is -2.36. The molecule has 0 aliphatic rings. The highest BCUT2D eigenvalue weighted by molar-refractivity contribution is 5.77. The molecule has 0 fully saturated rings. The summed E-state index contributed by atoms with van der Waals surface area (Å²) in [6.45, 7) is 6.88. The van der Waals surface area contributed by atoms with Gasteiger partial charge < -0.3 is 9.64 Å². The second-order valence-electron chi connectivity index (χ2n) is 5.42. The Bertz CT molecular complexity index is 417. The van der Waals surface area contributed by atoms with Gasteiger partial charge in [-0.05, 0) is 44.6 Å². The van der Waals surface area contributed by atoms with Gasteiger partial charge in [-0.25, -0.2) is 0 Å². The van der Waals surface area contributed by atoms with Crippen molar-refractivity contribution in [3.05, 3.63) is 29.8 Å². The number of hydrogen-bond donors (Lipinski definition) is 0. The first kappa shape index (κ1) is 17.5. The molecule has 0 unspecified atom stereocenters. The minimum Gasteiger partial charge on any atom is -0.494 e. The van der Waals surface area contributed by atoms with Gasteiger partial charge in [0, 0.05) is 13.6 Å². The van der Waals surface area contributed by atoms with E-state index >= 15 is 0 Å². The molecule has 0 N–H and O–H groups in total. The molecule has 4 nitrogen and oxygen atoms in total. The lowest BCUT2D eigenvalue weighted by atomic mass is 10.2. The van der Waals surface area contributed by atoms with Crippen molar-refractivity contribution in [1.82, 2.24) is 9.80 Å². The standard InChI is InChI=1S/C17H28N2O2/c1-5-7-12-18(3)14-17(20)19(4)13-15-8-10-16(11-9-15)21-6-2/h8-11H,5-7,12-14H2,1-4H3. The van der Waals surface area contributed by atoms with Gasteiger partial charge in [-0.1, -0.05) is 25.5 Å². The number of unbranched alkanes of at least 4 members (excludes halogenated alkanes) is 1. The first-order chi connectivity index (χ1) is 10.1. The van der Waals surface area contributed by atoms with Crippen LogP contribution in [0.15, 0.2) is 24.3 Å². The van der Waals surface area contributed by atoms with Crippen LogP contribution in [0.5, 0.6) is 5.75 Å². The molecule has 0 saturated heterocycles. The molecule has 0 spiro atoms. The van der Waals surface area contributed by atoms with Gasteiger partial charge in [0.2, 0.25) is 5.91 Å². The number of ether oxygens (including phenoxy) is 1. The third-order valence-electron chi connectivity index (χ3n) is 3.38. The molecule has 1 rings (SSSR count). The Morgan fingerprint density at radius 1 is 1.14 bits per heavy atom. The molecule has 0 heterocycles. The van der Waals surface area contributed by atoms with Crippen molar-refractivity contribution in [2.45, 2.75) is 33.2 Å². The first-order valence-electron chi connectivity index (χ1n) is 7.71. The highest BCUT2D eigenvalue weighted by atomic mass is 16.5. The van der Waals surface area contributed by atoms with E-state index in [2.05, 4.69) is 11.8 Å². The van der Waals surface area contributed by atoms with Crippen molar-refractivity contribution in [3.8, 4) is 5.75 Å². The van der Waals surface area contributed by atoms with E-state index in [1.54, 1.807) is 4.90 Å². The minimum atomic E-state index is 0.155. The highest BCUT2D eigenvalue weighted by Crippen LogP contribution is 2.13. The van der Waals surface area contributed by atoms with E-state index in [-0.39, 0.29) is 5.91 Å². The van der Waals surface area contributed by atoms with Gasteiger partial charge in [0.1, 0.15) is 5.75 Å². The third kappa shape index (κ3) is 6.63. The fourth-order valence-electron chi connectivity index (χ4n) is 2.08. The Balaban J connectivity index is 2.44. The van der Waals surface area contributed by atoms with Crippen LogP contribution in [0, 0.1) is 0 Å². The summed E-state index contributed by atoms with van der Waals surface area (Å²) in [7, 11) is 3.85. The number of rotatable bonds is 9. The average molecular weight is 292 g/mol. The molecule has 4 heteroatoms. The van der Waals surface area contributed by atoms with E-state index in [4.69, 9.17) is 4.74 Å². The summed E-state index contributed by atoms with van der Waals surface area (Å²) in [5.41, 5.74) is 1.12. The summed E-state index contributed by atoms with van der Waals surface area (Å²) in [5, 5.41) is 0. The van der Waals surface area contributed by atoms with Crippen molar-refractivity contribution in [1.29, 1.82) is 0 Å². The molecular formula is C17H28N2O2. The molecule has 0 aliphatic heterocycles. The van der Waals surface area contributed by atoms with Gasteiger partial charge in [-0.3, -0.25) is 9.69 Å². The largest absolute Gasteiger partial charge is 0.494 e. The third-order valence-corrected chi connectivity index (χ3v) is 3.38. The summed E-state index contributed by atoms with van der Waals surface area (Å²) in [5.74, 6) is 1.03. The van der Waals surface area contributed by atoms with Gasteiger partial charge in [-0.15, -0.1) is 0 Å². The Labute approximate surface area is 128 Å². The molecule has 0 saturated carbocycles. The summed E-state index contributed by atoms with van der Waals surface area (Å²) in [6.07, 6.45) is 2.28. The summed E-state index contributed by atoms with van der Waals surface area (Å²) in [4.78, 5) is 16.0. The molecule has 21 heavy (non-hydrogen) atoms.